The highest BCUT2D eigenvalue weighted by Gasteiger charge is 2.29. The molecule has 0 saturated carbocycles. The smallest absolute Gasteiger partial charge is 0.349 e. The predicted molar refractivity (Wildman–Crippen MR) is 99.2 cm³/mol. The zero-order valence-corrected chi connectivity index (χ0v) is 14.7. The third kappa shape index (κ3) is 4.07. The van der Waals surface area contributed by atoms with Gasteiger partial charge in [-0.15, -0.1) is 0 Å². The van der Waals surface area contributed by atoms with Gasteiger partial charge in [0.1, 0.15) is 0 Å². The van der Waals surface area contributed by atoms with Crippen LogP contribution < -0.4 is 5.32 Å². The van der Waals surface area contributed by atoms with E-state index in [4.69, 9.17) is 0 Å². The van der Waals surface area contributed by atoms with Crippen molar-refractivity contribution in [2.75, 3.05) is 5.32 Å². The highest BCUT2D eigenvalue weighted by molar-refractivity contribution is 6.03. The van der Waals surface area contributed by atoms with Gasteiger partial charge in [0.25, 0.3) is 5.91 Å². The first-order valence-corrected chi connectivity index (χ1v) is 8.09. The van der Waals surface area contributed by atoms with E-state index in [-0.39, 0.29) is 0 Å². The molecule has 3 aromatic rings. The molecule has 1 amide bonds. The molecule has 0 fully saturated rings. The van der Waals surface area contributed by atoms with E-state index in [0.717, 1.165) is 17.6 Å². The van der Waals surface area contributed by atoms with Gasteiger partial charge in [0.2, 0.25) is 0 Å². The number of halogens is 4. The number of aryl methyl sites for hydroxylation is 1. The first-order valence-electron chi connectivity index (χ1n) is 8.09. The number of rotatable bonds is 2. The van der Waals surface area contributed by atoms with Crippen LogP contribution in [0.1, 0.15) is 16.7 Å². The van der Waals surface area contributed by atoms with E-state index in [0.29, 0.717) is 22.2 Å². The number of benzene rings is 2. The number of carbonyl (C=O) groups is 1. The van der Waals surface area contributed by atoms with Crippen LogP contribution >= 0.6 is 0 Å². The molecule has 2 aromatic carbocycles. The van der Waals surface area contributed by atoms with Gasteiger partial charge in [-0.3, -0.25) is 4.79 Å². The number of anilines is 1. The second-order valence-corrected chi connectivity index (χ2v) is 6.07. The average molecular weight is 386 g/mol. The average Bonchev–Trinajstić information content (AvgIpc) is 2.95. The van der Waals surface area contributed by atoms with Crippen LogP contribution in [0, 0.1) is 11.8 Å². The Labute approximate surface area is 158 Å². The van der Waals surface area contributed by atoms with Gasteiger partial charge in [0.15, 0.2) is 5.83 Å². The number of fused-ring (bicyclic) bond motifs is 1. The van der Waals surface area contributed by atoms with Gasteiger partial charge < -0.3 is 9.88 Å². The maximum atomic E-state index is 12.9. The van der Waals surface area contributed by atoms with E-state index in [9.17, 15) is 22.4 Å². The van der Waals surface area contributed by atoms with Crippen LogP contribution in [0.15, 0.2) is 61.1 Å². The van der Waals surface area contributed by atoms with Gasteiger partial charge >= 0.3 is 6.18 Å². The summed E-state index contributed by atoms with van der Waals surface area (Å²) in [5.74, 6) is 3.72. The van der Waals surface area contributed by atoms with Crippen LogP contribution in [-0.2, 0) is 18.0 Å². The third-order valence-electron chi connectivity index (χ3n) is 4.05. The summed E-state index contributed by atoms with van der Waals surface area (Å²) in [5.41, 5.74) is 1.52. The molecule has 0 bridgehead atoms. The molecular weight excluding hydrogens is 372 g/mol. The van der Waals surface area contributed by atoms with E-state index in [1.807, 2.05) is 11.6 Å². The van der Waals surface area contributed by atoms with E-state index in [1.165, 1.54) is 12.1 Å². The summed E-state index contributed by atoms with van der Waals surface area (Å²) in [6, 6.07) is 9.58. The van der Waals surface area contributed by atoms with E-state index >= 15 is 0 Å². The molecule has 0 saturated heterocycles. The SMILES string of the molecule is C=C(F)C(=O)Nc1ccc2c(c1)c(C#Cc1ccc(C(F)(F)F)cc1)cn2C. The summed E-state index contributed by atoms with van der Waals surface area (Å²) in [6.45, 7) is 2.94. The summed E-state index contributed by atoms with van der Waals surface area (Å²) in [4.78, 5) is 11.4. The highest BCUT2D eigenvalue weighted by atomic mass is 19.4. The van der Waals surface area contributed by atoms with Gasteiger partial charge in [-0.25, -0.2) is 4.39 Å². The van der Waals surface area contributed by atoms with Crippen molar-refractivity contribution in [3.8, 4) is 11.8 Å². The van der Waals surface area contributed by atoms with E-state index in [2.05, 4.69) is 23.7 Å². The summed E-state index contributed by atoms with van der Waals surface area (Å²) < 4.78 is 52.6. The van der Waals surface area contributed by atoms with Crippen LogP contribution in [0.5, 0.6) is 0 Å². The van der Waals surface area contributed by atoms with Crippen molar-refractivity contribution in [3.63, 3.8) is 0 Å². The Morgan fingerprint density at radius 1 is 1.11 bits per heavy atom. The number of nitrogens with one attached hydrogen (secondary N) is 1. The molecule has 3 rings (SSSR count). The molecule has 0 unspecified atom stereocenters. The van der Waals surface area contributed by atoms with Crippen molar-refractivity contribution in [1.29, 1.82) is 0 Å². The Hall–Kier alpha value is -3.53. The Balaban J connectivity index is 1.94. The molecule has 0 aliphatic rings. The fourth-order valence-corrected chi connectivity index (χ4v) is 2.65. The molecule has 1 aromatic heterocycles. The van der Waals surface area contributed by atoms with Gasteiger partial charge in [-0.05, 0) is 42.5 Å². The molecule has 0 aliphatic heterocycles. The van der Waals surface area contributed by atoms with Crippen LogP contribution in [0.3, 0.4) is 0 Å². The van der Waals surface area contributed by atoms with Crippen LogP contribution in [-0.4, -0.2) is 10.5 Å². The number of amides is 1. The second kappa shape index (κ2) is 7.24. The summed E-state index contributed by atoms with van der Waals surface area (Å²) in [5, 5.41) is 3.10. The maximum Gasteiger partial charge on any atom is 0.416 e. The van der Waals surface area contributed by atoms with Crippen molar-refractivity contribution in [2.45, 2.75) is 6.18 Å². The zero-order chi connectivity index (χ0) is 20.5. The van der Waals surface area contributed by atoms with Gasteiger partial charge in [-0.1, -0.05) is 18.4 Å². The summed E-state index contributed by atoms with van der Waals surface area (Å²) >= 11 is 0. The van der Waals surface area contributed by atoms with E-state index < -0.39 is 23.5 Å². The highest BCUT2D eigenvalue weighted by Crippen LogP contribution is 2.29. The van der Waals surface area contributed by atoms with Gasteiger partial charge in [-0.2, -0.15) is 13.2 Å². The quantitative estimate of drug-likeness (QED) is 0.375. The molecule has 3 nitrogen and oxygen atoms in total. The number of alkyl halides is 3. The van der Waals surface area contributed by atoms with Crippen LogP contribution in [0.4, 0.5) is 23.2 Å². The lowest BCUT2D eigenvalue weighted by Gasteiger charge is -2.05. The molecule has 28 heavy (non-hydrogen) atoms. The van der Waals surface area contributed by atoms with Crippen molar-refractivity contribution >= 4 is 22.5 Å². The minimum atomic E-state index is -4.40. The topological polar surface area (TPSA) is 34.0 Å². The molecule has 7 heteroatoms. The molecule has 1 N–H and O–H groups in total. The molecular formula is C21H14F4N2O. The predicted octanol–water partition coefficient (Wildman–Crippen LogP) is 5.02. The number of hydrogen-bond acceptors (Lipinski definition) is 1. The minimum Gasteiger partial charge on any atom is -0.349 e. The Bertz CT molecular complexity index is 1130. The van der Waals surface area contributed by atoms with Crippen molar-refractivity contribution in [3.05, 3.63) is 77.8 Å². The van der Waals surface area contributed by atoms with Crippen molar-refractivity contribution < 1.29 is 22.4 Å². The van der Waals surface area contributed by atoms with E-state index in [1.54, 1.807) is 24.4 Å². The Kier molecular flexibility index (Phi) is 4.97. The molecule has 1 heterocycles. The van der Waals surface area contributed by atoms with Crippen molar-refractivity contribution in [2.24, 2.45) is 7.05 Å². The van der Waals surface area contributed by atoms with Gasteiger partial charge in [0, 0.05) is 35.4 Å². The van der Waals surface area contributed by atoms with Crippen LogP contribution in [0.25, 0.3) is 10.9 Å². The second-order valence-electron chi connectivity index (χ2n) is 6.07. The zero-order valence-electron chi connectivity index (χ0n) is 14.7. The first-order chi connectivity index (χ1) is 13.1. The number of aromatic nitrogens is 1. The first kappa shape index (κ1) is 19.2. The number of nitrogens with zero attached hydrogens (tertiary/aromatic N) is 1. The monoisotopic (exact) mass is 386 g/mol. The maximum absolute atomic E-state index is 12.9. The molecule has 0 spiro atoms. The molecule has 0 radical (unpaired) electrons. The molecule has 142 valence electrons. The summed E-state index contributed by atoms with van der Waals surface area (Å²) in [7, 11) is 1.81. The Morgan fingerprint density at radius 3 is 2.39 bits per heavy atom. The lowest BCUT2D eigenvalue weighted by Crippen LogP contribution is -2.10. The fraction of sp³-hybridized carbons (Fsp3) is 0.0952. The standard InChI is InChI=1S/C21H14F4N2O/c1-13(22)20(28)26-17-9-10-19-18(11-17)15(12-27(19)2)6-3-14-4-7-16(8-5-14)21(23,24)25/h4-5,7-12H,1H2,2H3,(H,26,28). The third-order valence-corrected chi connectivity index (χ3v) is 4.05. The fourth-order valence-electron chi connectivity index (χ4n) is 2.65. The van der Waals surface area contributed by atoms with Crippen LogP contribution in [0.2, 0.25) is 0 Å². The number of carbonyl (C=O) groups excluding carboxylic acids is 1. The van der Waals surface area contributed by atoms with Crippen molar-refractivity contribution in [1.82, 2.24) is 4.57 Å². The molecule has 0 aliphatic carbocycles. The lowest BCUT2D eigenvalue weighted by atomic mass is 10.1. The Morgan fingerprint density at radius 2 is 1.79 bits per heavy atom. The lowest BCUT2D eigenvalue weighted by molar-refractivity contribution is -0.137. The minimum absolute atomic E-state index is 0.375. The van der Waals surface area contributed by atoms with Gasteiger partial charge in [0.05, 0.1) is 11.1 Å². The number of hydrogen-bond donors (Lipinski definition) is 1. The largest absolute Gasteiger partial charge is 0.416 e. The normalized spacial score (nSPS) is 11.0. The molecule has 0 atom stereocenters. The summed E-state index contributed by atoms with van der Waals surface area (Å²) in [6.07, 6.45) is -2.63.